The van der Waals surface area contributed by atoms with Gasteiger partial charge in [-0.3, -0.25) is 0 Å². The van der Waals surface area contributed by atoms with Gasteiger partial charge < -0.3 is 12.0 Å². The molecule has 0 fully saturated rings. The van der Waals surface area contributed by atoms with E-state index in [0.29, 0.717) is 5.75 Å². The average molecular weight is 269 g/mol. The average Bonchev–Trinajstić information content (AvgIpc) is 2.17. The van der Waals surface area contributed by atoms with Crippen LogP contribution in [0.4, 0.5) is 0 Å². The maximum Gasteiger partial charge on any atom is 0.0439 e. The predicted octanol–water partition coefficient (Wildman–Crippen LogP) is 1.82. The molecule has 0 amide bonds. The van der Waals surface area contributed by atoms with Crippen LogP contribution in [0.25, 0.3) is 0 Å². The topological polar surface area (TPSA) is 20.2 Å². The molecule has 13 heavy (non-hydrogen) atoms. The molecule has 1 N–H and O–H groups in total. The van der Waals surface area contributed by atoms with Gasteiger partial charge in [0.25, 0.3) is 0 Å². The second-order valence-electron chi connectivity index (χ2n) is 2.60. The van der Waals surface area contributed by atoms with Gasteiger partial charge in [-0.05, 0) is 0 Å². The maximum absolute atomic E-state index is 9.38. The standard InChI is InChI=1S/C10H12OS.Y/c1-2-8-3-5-9(6-4-8)10(11)7-12;/h3,5-6,10-12H,1-2,7H2;/q-2;. The quantitative estimate of drug-likeness (QED) is 0.633. The first kappa shape index (κ1) is 13.6. The number of aliphatic hydroxyl groups is 1. The fourth-order valence-corrected chi connectivity index (χ4v) is 1.15. The monoisotopic (exact) mass is 269 g/mol. The van der Waals surface area contributed by atoms with Crippen molar-refractivity contribution in [3.63, 3.8) is 0 Å². The number of rotatable bonds is 3. The first-order valence-electron chi connectivity index (χ1n) is 3.86. The van der Waals surface area contributed by atoms with Crippen LogP contribution in [0.3, 0.4) is 0 Å². The maximum atomic E-state index is 9.38. The molecule has 1 atom stereocenters. The minimum atomic E-state index is -0.483. The van der Waals surface area contributed by atoms with Gasteiger partial charge in [-0.25, -0.2) is 0 Å². The minimum absolute atomic E-state index is 0. The molecule has 0 bridgehead atoms. The number of aliphatic hydroxyl groups excluding tert-OH is 1. The molecular formula is C10H12OSY-2. The number of thiol groups is 1. The minimum Gasteiger partial charge on any atom is -0.400 e. The van der Waals surface area contributed by atoms with Crippen LogP contribution in [0, 0.1) is 13.0 Å². The van der Waals surface area contributed by atoms with Crippen LogP contribution < -0.4 is 0 Å². The Morgan fingerprint density at radius 1 is 1.54 bits per heavy atom. The van der Waals surface area contributed by atoms with Gasteiger partial charge in [0.2, 0.25) is 0 Å². The Hall–Kier alpha value is 0.634. The summed E-state index contributed by atoms with van der Waals surface area (Å²) in [6, 6.07) is 8.65. The van der Waals surface area contributed by atoms with Crippen molar-refractivity contribution in [2.24, 2.45) is 0 Å². The summed E-state index contributed by atoms with van der Waals surface area (Å²) in [6.07, 6.45) is 0.250. The Morgan fingerprint density at radius 2 is 2.23 bits per heavy atom. The van der Waals surface area contributed by atoms with E-state index in [9.17, 15) is 5.11 Å². The van der Waals surface area contributed by atoms with Gasteiger partial charge >= 0.3 is 0 Å². The van der Waals surface area contributed by atoms with Crippen molar-refractivity contribution in [3.05, 3.63) is 42.3 Å². The van der Waals surface area contributed by atoms with E-state index in [4.69, 9.17) is 0 Å². The molecule has 1 radical (unpaired) electrons. The summed E-state index contributed by atoms with van der Waals surface area (Å²) in [6.45, 7) is 3.74. The smallest absolute Gasteiger partial charge is 0.0439 e. The first-order valence-corrected chi connectivity index (χ1v) is 4.50. The van der Waals surface area contributed by atoms with Crippen molar-refractivity contribution in [1.82, 2.24) is 0 Å². The molecule has 0 spiro atoms. The summed E-state index contributed by atoms with van der Waals surface area (Å²) < 4.78 is 0. The molecule has 1 aromatic carbocycles. The van der Waals surface area contributed by atoms with Crippen molar-refractivity contribution in [3.8, 4) is 0 Å². The molecule has 69 valence electrons. The molecule has 1 nitrogen and oxygen atoms in total. The Balaban J connectivity index is 0.00000144. The van der Waals surface area contributed by atoms with Crippen LogP contribution in [0.2, 0.25) is 0 Å². The third-order valence-electron chi connectivity index (χ3n) is 1.73. The van der Waals surface area contributed by atoms with E-state index in [1.807, 2.05) is 12.1 Å². The fourth-order valence-electron chi connectivity index (χ4n) is 0.937. The zero-order valence-corrected chi connectivity index (χ0v) is 11.1. The van der Waals surface area contributed by atoms with E-state index in [2.05, 4.69) is 25.6 Å². The molecule has 0 aliphatic heterocycles. The molecule has 0 saturated carbocycles. The van der Waals surface area contributed by atoms with Gasteiger partial charge in [-0.15, -0.1) is 5.56 Å². The van der Waals surface area contributed by atoms with Crippen molar-refractivity contribution in [2.45, 2.75) is 12.5 Å². The first-order chi connectivity index (χ1) is 5.77. The van der Waals surface area contributed by atoms with E-state index in [1.165, 1.54) is 0 Å². The molecular weight excluding hydrogens is 257 g/mol. The third-order valence-corrected chi connectivity index (χ3v) is 2.07. The zero-order valence-electron chi connectivity index (χ0n) is 7.40. The van der Waals surface area contributed by atoms with Gasteiger partial charge in [0.1, 0.15) is 0 Å². The van der Waals surface area contributed by atoms with Crippen LogP contribution in [0.15, 0.2) is 18.2 Å². The third kappa shape index (κ3) is 4.11. The molecule has 0 aliphatic carbocycles. The van der Waals surface area contributed by atoms with E-state index in [0.717, 1.165) is 17.5 Å². The zero-order chi connectivity index (χ0) is 8.97. The van der Waals surface area contributed by atoms with E-state index in [-0.39, 0.29) is 32.7 Å². The molecule has 0 aliphatic rings. The summed E-state index contributed by atoms with van der Waals surface area (Å²) in [7, 11) is 0. The van der Waals surface area contributed by atoms with Gasteiger partial charge in [0.15, 0.2) is 0 Å². The van der Waals surface area contributed by atoms with Gasteiger partial charge in [-0.1, -0.05) is 0 Å². The van der Waals surface area contributed by atoms with E-state index >= 15 is 0 Å². The molecule has 0 aromatic heterocycles. The molecule has 0 saturated heterocycles. The van der Waals surface area contributed by atoms with Crippen molar-refractivity contribution < 1.29 is 37.8 Å². The predicted molar refractivity (Wildman–Crippen MR) is 53.2 cm³/mol. The summed E-state index contributed by atoms with van der Waals surface area (Å²) in [5.41, 5.74) is 1.92. The summed E-state index contributed by atoms with van der Waals surface area (Å²) in [5.74, 6) is 0.442. The second-order valence-corrected chi connectivity index (χ2v) is 2.96. The molecule has 1 aromatic rings. The van der Waals surface area contributed by atoms with Crippen LogP contribution in [-0.4, -0.2) is 10.9 Å². The Kier molecular flexibility index (Phi) is 7.34. The van der Waals surface area contributed by atoms with Crippen molar-refractivity contribution >= 4 is 12.6 Å². The van der Waals surface area contributed by atoms with Crippen LogP contribution in [0.5, 0.6) is 0 Å². The summed E-state index contributed by atoms with van der Waals surface area (Å²) in [4.78, 5) is 0. The number of benzene rings is 1. The van der Waals surface area contributed by atoms with E-state index < -0.39 is 6.10 Å². The van der Waals surface area contributed by atoms with Gasteiger partial charge in [0.05, 0.1) is 0 Å². The fraction of sp³-hybridized carbons (Fsp3) is 0.300. The Morgan fingerprint density at radius 3 is 2.62 bits per heavy atom. The number of hydrogen-bond acceptors (Lipinski definition) is 2. The van der Waals surface area contributed by atoms with Gasteiger partial charge in [0, 0.05) is 44.6 Å². The largest absolute Gasteiger partial charge is 0.400 e. The SMILES string of the molecule is [CH2-]Cc1[c-]cc(C(O)CS)cc1.[Y]. The normalized spacial score (nSPS) is 11.9. The van der Waals surface area contributed by atoms with Crippen LogP contribution in [0.1, 0.15) is 17.2 Å². The summed E-state index contributed by atoms with van der Waals surface area (Å²) in [5, 5.41) is 9.38. The molecule has 1 unspecified atom stereocenters. The van der Waals surface area contributed by atoms with Gasteiger partial charge in [-0.2, -0.15) is 48.9 Å². The Labute approximate surface area is 110 Å². The molecule has 1 rings (SSSR count). The van der Waals surface area contributed by atoms with Crippen molar-refractivity contribution in [1.29, 1.82) is 0 Å². The van der Waals surface area contributed by atoms with Crippen LogP contribution in [-0.2, 0) is 39.1 Å². The second kappa shape index (κ2) is 7.00. The molecule has 0 heterocycles. The molecule has 3 heteroatoms. The summed E-state index contributed by atoms with van der Waals surface area (Å²) >= 11 is 4.00. The number of hydrogen-bond donors (Lipinski definition) is 2. The van der Waals surface area contributed by atoms with E-state index in [1.54, 1.807) is 6.07 Å². The van der Waals surface area contributed by atoms with Crippen molar-refractivity contribution in [2.75, 3.05) is 5.75 Å². The van der Waals surface area contributed by atoms with Crippen LogP contribution >= 0.6 is 12.6 Å². The Bertz CT molecular complexity index is 235.